The lowest BCUT2D eigenvalue weighted by Crippen LogP contribution is -2.20. The molecule has 1 aromatic rings. The predicted octanol–water partition coefficient (Wildman–Crippen LogP) is 2.57. The molecule has 0 unspecified atom stereocenters. The maximum atomic E-state index is 12.1. The van der Waals surface area contributed by atoms with E-state index in [4.69, 9.17) is 0 Å². The van der Waals surface area contributed by atoms with Gasteiger partial charge >= 0.3 is 6.18 Å². The number of hydrogen-bond acceptors (Lipinski definition) is 1. The Morgan fingerprint density at radius 3 is 2.36 bits per heavy atom. The molecular formula is C9H13F3N2. The third-order valence-corrected chi connectivity index (χ3v) is 1.97. The molecule has 0 atom stereocenters. The lowest BCUT2D eigenvalue weighted by atomic mass is 10.3. The molecule has 5 heteroatoms. The van der Waals surface area contributed by atoms with E-state index in [1.54, 1.807) is 6.07 Å². The minimum atomic E-state index is -4.19. The lowest BCUT2D eigenvalue weighted by molar-refractivity contribution is -0.143. The molecule has 0 aliphatic carbocycles. The Kier molecular flexibility index (Phi) is 3.18. The lowest BCUT2D eigenvalue weighted by Gasteiger charge is -2.08. The van der Waals surface area contributed by atoms with Gasteiger partial charge in [-0.3, -0.25) is 4.68 Å². The fourth-order valence-electron chi connectivity index (χ4n) is 1.28. The summed E-state index contributed by atoms with van der Waals surface area (Å²) in [4.78, 5) is 0. The maximum Gasteiger partial charge on any atom is 0.408 e. The van der Waals surface area contributed by atoms with Crippen LogP contribution in [0.3, 0.4) is 0 Å². The van der Waals surface area contributed by atoms with Crippen molar-refractivity contribution in [1.29, 1.82) is 0 Å². The summed E-state index contributed by atoms with van der Waals surface area (Å²) >= 11 is 0. The summed E-state index contributed by atoms with van der Waals surface area (Å²) < 4.78 is 37.4. The van der Waals surface area contributed by atoms with E-state index in [2.05, 4.69) is 5.10 Å². The van der Waals surface area contributed by atoms with Gasteiger partial charge in [0.1, 0.15) is 6.54 Å². The van der Waals surface area contributed by atoms with Crippen molar-refractivity contribution in [2.45, 2.75) is 39.4 Å². The summed E-state index contributed by atoms with van der Waals surface area (Å²) in [5, 5.41) is 3.88. The molecule has 0 aliphatic heterocycles. The molecule has 0 bridgehead atoms. The van der Waals surface area contributed by atoms with Gasteiger partial charge in [-0.15, -0.1) is 0 Å². The van der Waals surface area contributed by atoms with Crippen LogP contribution in [0.25, 0.3) is 0 Å². The van der Waals surface area contributed by atoms with Gasteiger partial charge in [-0.05, 0) is 18.9 Å². The average Bonchev–Trinajstić information content (AvgIpc) is 2.44. The fraction of sp³-hybridized carbons (Fsp3) is 0.667. The molecule has 80 valence electrons. The van der Waals surface area contributed by atoms with E-state index < -0.39 is 12.7 Å². The molecule has 14 heavy (non-hydrogen) atoms. The van der Waals surface area contributed by atoms with E-state index in [9.17, 15) is 13.2 Å². The van der Waals surface area contributed by atoms with Gasteiger partial charge in [-0.1, -0.05) is 13.8 Å². The van der Waals surface area contributed by atoms with Crippen LogP contribution in [-0.2, 0) is 19.4 Å². The highest BCUT2D eigenvalue weighted by molar-refractivity contribution is 5.10. The van der Waals surface area contributed by atoms with Gasteiger partial charge in [0.05, 0.1) is 5.69 Å². The van der Waals surface area contributed by atoms with E-state index in [0.29, 0.717) is 24.2 Å². The predicted molar refractivity (Wildman–Crippen MR) is 47.0 cm³/mol. The monoisotopic (exact) mass is 206 g/mol. The van der Waals surface area contributed by atoms with Crippen LogP contribution < -0.4 is 0 Å². The maximum absolute atomic E-state index is 12.1. The Hall–Kier alpha value is -1.00. The van der Waals surface area contributed by atoms with E-state index in [0.717, 1.165) is 4.68 Å². The number of rotatable bonds is 3. The van der Waals surface area contributed by atoms with E-state index in [-0.39, 0.29) is 0 Å². The van der Waals surface area contributed by atoms with Crippen molar-refractivity contribution in [1.82, 2.24) is 9.78 Å². The molecule has 1 rings (SSSR count). The minimum absolute atomic E-state index is 0.572. The third-order valence-electron chi connectivity index (χ3n) is 1.97. The van der Waals surface area contributed by atoms with Gasteiger partial charge in [0.25, 0.3) is 0 Å². The molecule has 0 saturated carbocycles. The average molecular weight is 206 g/mol. The van der Waals surface area contributed by atoms with Gasteiger partial charge in [0.2, 0.25) is 0 Å². The van der Waals surface area contributed by atoms with Crippen LogP contribution in [0, 0.1) is 0 Å². The molecule has 0 spiro atoms. The second-order valence-electron chi connectivity index (χ2n) is 3.11. The van der Waals surface area contributed by atoms with Crippen molar-refractivity contribution in [2.75, 3.05) is 0 Å². The van der Waals surface area contributed by atoms with Crippen molar-refractivity contribution in [2.24, 2.45) is 0 Å². The summed E-state index contributed by atoms with van der Waals surface area (Å²) in [5.41, 5.74) is 1.35. The summed E-state index contributed by atoms with van der Waals surface area (Å²) in [7, 11) is 0. The Morgan fingerprint density at radius 1 is 1.29 bits per heavy atom. The second-order valence-corrected chi connectivity index (χ2v) is 3.11. The highest BCUT2D eigenvalue weighted by atomic mass is 19.4. The Balaban J connectivity index is 2.89. The first-order valence-corrected chi connectivity index (χ1v) is 4.58. The standard InChI is InChI=1S/C9H13F3N2/c1-3-7-5-8(4-2)14(13-7)6-9(10,11)12/h5H,3-4,6H2,1-2H3. The Bertz CT molecular complexity index is 301. The molecule has 2 nitrogen and oxygen atoms in total. The van der Waals surface area contributed by atoms with E-state index in [1.165, 1.54) is 0 Å². The zero-order valence-electron chi connectivity index (χ0n) is 8.23. The third kappa shape index (κ3) is 2.75. The summed E-state index contributed by atoms with van der Waals surface area (Å²) in [6.07, 6.45) is -2.96. The van der Waals surface area contributed by atoms with Crippen molar-refractivity contribution < 1.29 is 13.2 Å². The zero-order valence-corrected chi connectivity index (χ0v) is 8.23. The first-order chi connectivity index (χ1) is 6.46. The smallest absolute Gasteiger partial charge is 0.260 e. The number of aryl methyl sites for hydroxylation is 2. The van der Waals surface area contributed by atoms with Gasteiger partial charge < -0.3 is 0 Å². The van der Waals surface area contributed by atoms with Gasteiger partial charge in [0, 0.05) is 5.69 Å². The first-order valence-electron chi connectivity index (χ1n) is 4.58. The quantitative estimate of drug-likeness (QED) is 0.743. The SMILES string of the molecule is CCc1cc(CC)n(CC(F)(F)F)n1. The van der Waals surface area contributed by atoms with Crippen LogP contribution >= 0.6 is 0 Å². The summed E-state index contributed by atoms with van der Waals surface area (Å²) in [6, 6.07) is 1.73. The van der Waals surface area contributed by atoms with Crippen LogP contribution in [0.5, 0.6) is 0 Å². The zero-order chi connectivity index (χ0) is 10.8. The van der Waals surface area contributed by atoms with Gasteiger partial charge in [-0.2, -0.15) is 18.3 Å². The molecule has 0 aliphatic rings. The molecule has 1 aromatic heterocycles. The van der Waals surface area contributed by atoms with Gasteiger partial charge in [0.15, 0.2) is 0 Å². The van der Waals surface area contributed by atoms with Crippen molar-refractivity contribution in [3.8, 4) is 0 Å². The van der Waals surface area contributed by atoms with Crippen LogP contribution in [0.2, 0.25) is 0 Å². The summed E-state index contributed by atoms with van der Waals surface area (Å²) in [6.45, 7) is 2.71. The number of hydrogen-bond donors (Lipinski definition) is 0. The number of aromatic nitrogens is 2. The topological polar surface area (TPSA) is 17.8 Å². The minimum Gasteiger partial charge on any atom is -0.260 e. The fourth-order valence-corrected chi connectivity index (χ4v) is 1.28. The Morgan fingerprint density at radius 2 is 1.93 bits per heavy atom. The van der Waals surface area contributed by atoms with Crippen molar-refractivity contribution >= 4 is 0 Å². The largest absolute Gasteiger partial charge is 0.408 e. The van der Waals surface area contributed by atoms with Crippen LogP contribution in [0.15, 0.2) is 6.07 Å². The molecule has 0 fully saturated rings. The Labute approximate surface area is 80.7 Å². The van der Waals surface area contributed by atoms with E-state index in [1.807, 2.05) is 13.8 Å². The molecule has 0 N–H and O–H groups in total. The number of alkyl halides is 3. The molecule has 0 radical (unpaired) electrons. The number of nitrogens with zero attached hydrogens (tertiary/aromatic N) is 2. The highest BCUT2D eigenvalue weighted by Crippen LogP contribution is 2.19. The van der Waals surface area contributed by atoms with Crippen LogP contribution in [0.4, 0.5) is 13.2 Å². The molecule has 0 saturated heterocycles. The van der Waals surface area contributed by atoms with Crippen molar-refractivity contribution in [3.63, 3.8) is 0 Å². The van der Waals surface area contributed by atoms with Gasteiger partial charge in [-0.25, -0.2) is 0 Å². The molecule has 1 heterocycles. The number of halogens is 3. The first kappa shape index (κ1) is 11.1. The molecule has 0 aromatic carbocycles. The van der Waals surface area contributed by atoms with Crippen LogP contribution in [0.1, 0.15) is 25.2 Å². The van der Waals surface area contributed by atoms with Crippen LogP contribution in [-0.4, -0.2) is 16.0 Å². The normalized spacial score (nSPS) is 12.1. The van der Waals surface area contributed by atoms with Crippen molar-refractivity contribution in [3.05, 3.63) is 17.5 Å². The second kappa shape index (κ2) is 4.02. The van der Waals surface area contributed by atoms with E-state index >= 15 is 0 Å². The summed E-state index contributed by atoms with van der Waals surface area (Å²) in [5.74, 6) is 0. The highest BCUT2D eigenvalue weighted by Gasteiger charge is 2.29. The molecular weight excluding hydrogens is 193 g/mol. The molecule has 0 amide bonds.